The van der Waals surface area contributed by atoms with Gasteiger partial charge in [0.1, 0.15) is 11.4 Å². The van der Waals surface area contributed by atoms with Crippen LogP contribution in [0.1, 0.15) is 27.0 Å². The van der Waals surface area contributed by atoms with E-state index in [0.717, 1.165) is 11.1 Å². The molecule has 3 N–H and O–H groups in total. The Kier molecular flexibility index (Phi) is 6.15. The Labute approximate surface area is 218 Å². The standard InChI is InChI=1S/C29H22ClN3O4/c1-16-7-5-8-18(13-16)22-15-23(30)17(2)25(27(22)34)31-32-26-21-11-3-4-12-24(21)33(28(26)35)20-10-6-9-19(14-20)29(36)37/h3-15,31,34H,1-2H3,(H,36,37)/b32-26-. The van der Waals surface area contributed by atoms with Crippen molar-refractivity contribution in [1.82, 2.24) is 0 Å². The molecule has 37 heavy (non-hydrogen) atoms. The van der Waals surface area contributed by atoms with Crippen molar-refractivity contribution in [3.8, 4) is 16.9 Å². The molecule has 0 aliphatic carbocycles. The minimum Gasteiger partial charge on any atom is -0.505 e. The summed E-state index contributed by atoms with van der Waals surface area (Å²) < 4.78 is 0. The number of fused-ring (bicyclic) bond motifs is 1. The summed E-state index contributed by atoms with van der Waals surface area (Å²) in [5, 5.41) is 25.4. The first-order chi connectivity index (χ1) is 17.8. The summed E-state index contributed by atoms with van der Waals surface area (Å²) in [6.45, 7) is 3.71. The van der Waals surface area contributed by atoms with Gasteiger partial charge in [0.05, 0.1) is 16.9 Å². The monoisotopic (exact) mass is 511 g/mol. The molecule has 1 aliphatic heterocycles. The maximum Gasteiger partial charge on any atom is 0.335 e. The number of hydrogen-bond donors (Lipinski definition) is 3. The van der Waals surface area contributed by atoms with Crippen LogP contribution in [0.2, 0.25) is 5.02 Å². The van der Waals surface area contributed by atoms with E-state index in [1.54, 1.807) is 49.4 Å². The smallest absolute Gasteiger partial charge is 0.335 e. The van der Waals surface area contributed by atoms with Crippen LogP contribution in [0.3, 0.4) is 0 Å². The van der Waals surface area contributed by atoms with Crippen molar-refractivity contribution in [1.29, 1.82) is 0 Å². The van der Waals surface area contributed by atoms with Gasteiger partial charge in [-0.3, -0.25) is 15.1 Å². The molecule has 5 rings (SSSR count). The largest absolute Gasteiger partial charge is 0.505 e. The lowest BCUT2D eigenvalue weighted by Crippen LogP contribution is -2.26. The summed E-state index contributed by atoms with van der Waals surface area (Å²) in [5.74, 6) is -1.57. The molecule has 184 valence electrons. The topological polar surface area (TPSA) is 102 Å². The number of phenols is 1. The first kappa shape index (κ1) is 24.1. The second-order valence-electron chi connectivity index (χ2n) is 8.71. The van der Waals surface area contributed by atoms with Gasteiger partial charge in [-0.15, -0.1) is 0 Å². The molecule has 0 aromatic heterocycles. The minimum atomic E-state index is -1.09. The zero-order valence-corrected chi connectivity index (χ0v) is 20.7. The zero-order chi connectivity index (χ0) is 26.3. The van der Waals surface area contributed by atoms with E-state index in [9.17, 15) is 19.8 Å². The van der Waals surface area contributed by atoms with Crippen molar-refractivity contribution in [2.24, 2.45) is 5.10 Å². The number of phenolic OH excluding ortho intramolecular Hbond substituents is 1. The highest BCUT2D eigenvalue weighted by Gasteiger charge is 2.35. The molecule has 0 saturated heterocycles. The van der Waals surface area contributed by atoms with Crippen LogP contribution in [0.15, 0.2) is 84.0 Å². The van der Waals surface area contributed by atoms with Crippen molar-refractivity contribution >= 4 is 46.3 Å². The third-order valence-electron chi connectivity index (χ3n) is 6.26. The van der Waals surface area contributed by atoms with Gasteiger partial charge in [-0.05, 0) is 55.3 Å². The predicted octanol–water partition coefficient (Wildman–Crippen LogP) is 6.52. The second-order valence-corrected chi connectivity index (χ2v) is 9.12. The Bertz CT molecular complexity index is 1610. The Balaban J connectivity index is 1.57. The SMILES string of the molecule is Cc1cccc(-c2cc(Cl)c(C)c(N/N=C3\C(=O)N(c4cccc(C(=O)O)c4)c4ccccc43)c2O)c1. The maximum atomic E-state index is 13.5. The molecule has 0 saturated carbocycles. The van der Waals surface area contributed by atoms with Crippen molar-refractivity contribution in [2.75, 3.05) is 10.3 Å². The van der Waals surface area contributed by atoms with E-state index in [1.807, 2.05) is 31.2 Å². The summed E-state index contributed by atoms with van der Waals surface area (Å²) in [6, 6.07) is 22.6. The van der Waals surface area contributed by atoms with E-state index >= 15 is 0 Å². The van der Waals surface area contributed by atoms with Crippen LogP contribution in [0, 0.1) is 13.8 Å². The molecule has 0 fully saturated rings. The lowest BCUT2D eigenvalue weighted by atomic mass is 10.00. The summed E-state index contributed by atoms with van der Waals surface area (Å²) in [4.78, 5) is 26.5. The minimum absolute atomic E-state index is 0.0402. The normalized spacial score (nSPS) is 13.6. The highest BCUT2D eigenvalue weighted by Crippen LogP contribution is 2.42. The maximum absolute atomic E-state index is 13.5. The number of carbonyl (C=O) groups excluding carboxylic acids is 1. The zero-order valence-electron chi connectivity index (χ0n) is 20.0. The van der Waals surface area contributed by atoms with Crippen LogP contribution in [0.25, 0.3) is 11.1 Å². The lowest BCUT2D eigenvalue weighted by Gasteiger charge is -2.17. The first-order valence-electron chi connectivity index (χ1n) is 11.5. The van der Waals surface area contributed by atoms with E-state index in [-0.39, 0.29) is 22.7 Å². The average Bonchev–Trinajstić information content (AvgIpc) is 3.17. The van der Waals surface area contributed by atoms with Gasteiger partial charge in [-0.1, -0.05) is 65.7 Å². The van der Waals surface area contributed by atoms with Crippen LogP contribution in [0.5, 0.6) is 5.75 Å². The fourth-order valence-corrected chi connectivity index (χ4v) is 4.56. The van der Waals surface area contributed by atoms with Gasteiger partial charge in [0.15, 0.2) is 5.71 Å². The molecule has 0 bridgehead atoms. The number of benzene rings is 4. The third kappa shape index (κ3) is 4.30. The van der Waals surface area contributed by atoms with Gasteiger partial charge < -0.3 is 10.2 Å². The Morgan fingerprint density at radius 2 is 1.70 bits per heavy atom. The van der Waals surface area contributed by atoms with E-state index in [0.29, 0.717) is 33.1 Å². The molecule has 0 radical (unpaired) electrons. The molecule has 4 aromatic carbocycles. The van der Waals surface area contributed by atoms with E-state index in [1.165, 1.54) is 17.0 Å². The molecular weight excluding hydrogens is 490 g/mol. The summed E-state index contributed by atoms with van der Waals surface area (Å²) in [5.41, 5.74) is 7.82. The molecule has 4 aromatic rings. The van der Waals surface area contributed by atoms with Crippen molar-refractivity contribution in [3.05, 3.63) is 106 Å². The van der Waals surface area contributed by atoms with E-state index in [4.69, 9.17) is 11.6 Å². The van der Waals surface area contributed by atoms with Crippen LogP contribution < -0.4 is 10.3 Å². The Morgan fingerprint density at radius 3 is 2.46 bits per heavy atom. The van der Waals surface area contributed by atoms with Gasteiger partial charge >= 0.3 is 5.97 Å². The van der Waals surface area contributed by atoms with Gasteiger partial charge in [-0.2, -0.15) is 5.10 Å². The number of carboxylic acids is 1. The molecule has 1 amide bonds. The molecule has 1 aliphatic rings. The molecule has 0 spiro atoms. The van der Waals surface area contributed by atoms with Gasteiger partial charge in [-0.25, -0.2) is 4.79 Å². The molecule has 7 nitrogen and oxygen atoms in total. The van der Waals surface area contributed by atoms with Crippen molar-refractivity contribution < 1.29 is 19.8 Å². The number of rotatable bonds is 5. The van der Waals surface area contributed by atoms with Gasteiger partial charge in [0, 0.05) is 16.1 Å². The van der Waals surface area contributed by atoms with Crippen LogP contribution in [0.4, 0.5) is 17.1 Å². The number of para-hydroxylation sites is 1. The second kappa shape index (κ2) is 9.44. The average molecular weight is 512 g/mol. The number of amides is 1. The number of aryl methyl sites for hydroxylation is 1. The Morgan fingerprint density at radius 1 is 0.946 bits per heavy atom. The number of aromatic carboxylic acids is 1. The van der Waals surface area contributed by atoms with E-state index < -0.39 is 11.9 Å². The van der Waals surface area contributed by atoms with Crippen LogP contribution in [-0.2, 0) is 4.79 Å². The Hall–Kier alpha value is -4.62. The highest BCUT2D eigenvalue weighted by atomic mass is 35.5. The highest BCUT2D eigenvalue weighted by molar-refractivity contribution is 6.55. The molecule has 1 heterocycles. The number of nitrogens with zero attached hydrogens (tertiary/aromatic N) is 2. The quantitative estimate of drug-likeness (QED) is 0.209. The van der Waals surface area contributed by atoms with Crippen molar-refractivity contribution in [3.63, 3.8) is 0 Å². The molecular formula is C29H22ClN3O4. The fraction of sp³-hybridized carbons (Fsp3) is 0.0690. The van der Waals surface area contributed by atoms with E-state index in [2.05, 4.69) is 10.5 Å². The number of carbonyl (C=O) groups is 2. The predicted molar refractivity (Wildman–Crippen MR) is 145 cm³/mol. The number of carboxylic acid groups (broad SMARTS) is 1. The number of halogens is 1. The summed E-state index contributed by atoms with van der Waals surface area (Å²) in [6.07, 6.45) is 0. The lowest BCUT2D eigenvalue weighted by molar-refractivity contribution is -0.111. The molecule has 0 unspecified atom stereocenters. The van der Waals surface area contributed by atoms with Crippen LogP contribution in [-0.4, -0.2) is 27.8 Å². The summed E-state index contributed by atoms with van der Waals surface area (Å²) in [7, 11) is 0. The van der Waals surface area contributed by atoms with Crippen LogP contribution >= 0.6 is 11.6 Å². The summed E-state index contributed by atoms with van der Waals surface area (Å²) >= 11 is 6.51. The van der Waals surface area contributed by atoms with Gasteiger partial charge in [0.25, 0.3) is 5.91 Å². The number of anilines is 3. The molecule has 8 heteroatoms. The van der Waals surface area contributed by atoms with Gasteiger partial charge in [0.2, 0.25) is 0 Å². The number of nitrogens with one attached hydrogen (secondary N) is 1. The fourth-order valence-electron chi connectivity index (χ4n) is 4.36. The third-order valence-corrected chi connectivity index (χ3v) is 6.65. The molecule has 0 atom stereocenters. The first-order valence-corrected chi connectivity index (χ1v) is 11.8. The number of hydrogen-bond acceptors (Lipinski definition) is 5. The number of hydrazone groups is 1. The van der Waals surface area contributed by atoms with Crippen molar-refractivity contribution in [2.45, 2.75) is 13.8 Å². The number of aromatic hydroxyl groups is 1.